The minimum absolute atomic E-state index is 0.283. The van der Waals surface area contributed by atoms with Gasteiger partial charge in [0.1, 0.15) is 0 Å². The first kappa shape index (κ1) is 11.2. The van der Waals surface area contributed by atoms with Crippen LogP contribution in [-0.4, -0.2) is 30.1 Å². The fourth-order valence-electron chi connectivity index (χ4n) is 2.25. The van der Waals surface area contributed by atoms with Crippen LogP contribution in [0.25, 0.3) is 10.9 Å². The number of rotatable bonds is 3. The Hall–Kier alpha value is -1.32. The van der Waals surface area contributed by atoms with E-state index in [2.05, 4.69) is 61.1 Å². The Morgan fingerprint density at radius 1 is 1.31 bits per heavy atom. The Morgan fingerprint density at radius 3 is 2.62 bits per heavy atom. The molecule has 86 valence electrons. The van der Waals surface area contributed by atoms with Crippen molar-refractivity contribution in [3.63, 3.8) is 0 Å². The summed E-state index contributed by atoms with van der Waals surface area (Å²) < 4.78 is 2.16. The highest BCUT2D eigenvalue weighted by Crippen LogP contribution is 2.27. The number of hydrogen-bond acceptors (Lipinski definition) is 2. The Morgan fingerprint density at radius 2 is 2.00 bits per heavy atom. The first-order valence-corrected chi connectivity index (χ1v) is 5.55. The fraction of sp³-hybridized carbons (Fsp3) is 0.385. The summed E-state index contributed by atoms with van der Waals surface area (Å²) in [6.07, 6.45) is 2.18. The van der Waals surface area contributed by atoms with Crippen molar-refractivity contribution >= 4 is 10.9 Å². The molecule has 16 heavy (non-hydrogen) atoms. The van der Waals surface area contributed by atoms with E-state index in [1.54, 1.807) is 0 Å². The quantitative estimate of drug-likeness (QED) is 0.849. The highest BCUT2D eigenvalue weighted by atomic mass is 15.1. The first-order valence-electron chi connectivity index (χ1n) is 5.55. The van der Waals surface area contributed by atoms with Gasteiger partial charge in [0.25, 0.3) is 0 Å². The third-order valence-corrected chi connectivity index (χ3v) is 3.13. The summed E-state index contributed by atoms with van der Waals surface area (Å²) in [6.45, 7) is 0.640. The minimum atomic E-state index is 0.283. The molecule has 0 amide bonds. The van der Waals surface area contributed by atoms with E-state index in [1.165, 1.54) is 16.5 Å². The molecule has 1 atom stereocenters. The molecule has 0 spiro atoms. The molecule has 3 heteroatoms. The van der Waals surface area contributed by atoms with E-state index in [1.807, 2.05) is 0 Å². The van der Waals surface area contributed by atoms with Crippen LogP contribution >= 0.6 is 0 Å². The summed E-state index contributed by atoms with van der Waals surface area (Å²) in [5.74, 6) is 0. The van der Waals surface area contributed by atoms with Crippen molar-refractivity contribution in [2.24, 2.45) is 12.8 Å². The van der Waals surface area contributed by atoms with E-state index in [4.69, 9.17) is 5.73 Å². The molecule has 0 aliphatic rings. The largest absolute Gasteiger partial charge is 0.350 e. The third-order valence-electron chi connectivity index (χ3n) is 3.13. The lowest BCUT2D eigenvalue weighted by Crippen LogP contribution is -2.26. The topological polar surface area (TPSA) is 34.2 Å². The molecule has 0 saturated carbocycles. The summed E-state index contributed by atoms with van der Waals surface area (Å²) in [4.78, 5) is 2.17. The van der Waals surface area contributed by atoms with Gasteiger partial charge in [0, 0.05) is 36.7 Å². The average Bonchev–Trinajstić information content (AvgIpc) is 2.58. The molecule has 0 fully saturated rings. The van der Waals surface area contributed by atoms with Crippen LogP contribution in [0.4, 0.5) is 0 Å². The van der Waals surface area contributed by atoms with Gasteiger partial charge in [-0.25, -0.2) is 0 Å². The number of fused-ring (bicyclic) bond motifs is 1. The van der Waals surface area contributed by atoms with Crippen LogP contribution in [0, 0.1) is 0 Å². The minimum Gasteiger partial charge on any atom is -0.350 e. The van der Waals surface area contributed by atoms with Crippen LogP contribution in [-0.2, 0) is 7.05 Å². The Balaban J connectivity index is 2.60. The van der Waals surface area contributed by atoms with Crippen LogP contribution in [0.1, 0.15) is 11.6 Å². The maximum absolute atomic E-state index is 5.86. The van der Waals surface area contributed by atoms with E-state index >= 15 is 0 Å². The van der Waals surface area contributed by atoms with Crippen LogP contribution in [0.15, 0.2) is 30.5 Å². The molecule has 1 unspecified atom stereocenters. The molecule has 0 aliphatic heterocycles. The van der Waals surface area contributed by atoms with Crippen LogP contribution < -0.4 is 5.73 Å². The molecule has 3 nitrogen and oxygen atoms in total. The monoisotopic (exact) mass is 217 g/mol. The Labute approximate surface area is 96.5 Å². The number of benzene rings is 1. The Bertz CT molecular complexity index is 485. The van der Waals surface area contributed by atoms with Gasteiger partial charge in [-0.1, -0.05) is 18.2 Å². The lowest BCUT2D eigenvalue weighted by molar-refractivity contribution is 0.307. The molecular weight excluding hydrogens is 198 g/mol. The van der Waals surface area contributed by atoms with Crippen molar-refractivity contribution < 1.29 is 0 Å². The summed E-state index contributed by atoms with van der Waals surface area (Å²) in [6, 6.07) is 8.74. The number of hydrogen-bond donors (Lipinski definition) is 1. The molecule has 1 aromatic carbocycles. The normalized spacial score (nSPS) is 13.6. The van der Waals surface area contributed by atoms with Crippen LogP contribution in [0.5, 0.6) is 0 Å². The second-order valence-electron chi connectivity index (χ2n) is 4.43. The van der Waals surface area contributed by atoms with E-state index in [0.29, 0.717) is 6.54 Å². The van der Waals surface area contributed by atoms with Crippen LogP contribution in [0.3, 0.4) is 0 Å². The van der Waals surface area contributed by atoms with Gasteiger partial charge in [0.05, 0.1) is 0 Å². The number of nitrogens with zero attached hydrogens (tertiary/aromatic N) is 2. The predicted octanol–water partition coefficient (Wildman–Crippen LogP) is 1.74. The van der Waals surface area contributed by atoms with Gasteiger partial charge in [0.2, 0.25) is 0 Å². The third kappa shape index (κ3) is 1.72. The lowest BCUT2D eigenvalue weighted by atomic mass is 10.1. The summed E-state index contributed by atoms with van der Waals surface area (Å²) in [5.41, 5.74) is 8.43. The van der Waals surface area contributed by atoms with Crippen molar-refractivity contribution in [2.45, 2.75) is 6.04 Å². The van der Waals surface area contributed by atoms with Crippen molar-refractivity contribution in [3.05, 3.63) is 36.0 Å². The zero-order valence-corrected chi connectivity index (χ0v) is 10.1. The van der Waals surface area contributed by atoms with Gasteiger partial charge in [-0.2, -0.15) is 0 Å². The molecule has 0 aliphatic carbocycles. The van der Waals surface area contributed by atoms with Gasteiger partial charge in [-0.3, -0.25) is 0 Å². The average molecular weight is 217 g/mol. The maximum Gasteiger partial charge on any atom is 0.0485 e. The number of aromatic nitrogens is 1. The zero-order chi connectivity index (χ0) is 11.7. The van der Waals surface area contributed by atoms with Gasteiger partial charge < -0.3 is 15.2 Å². The highest BCUT2D eigenvalue weighted by Gasteiger charge is 2.17. The van der Waals surface area contributed by atoms with E-state index in [9.17, 15) is 0 Å². The van der Waals surface area contributed by atoms with E-state index in [0.717, 1.165) is 0 Å². The maximum atomic E-state index is 5.86. The SMILES string of the molecule is CN(C)C(CN)c1cn(C)c2ccccc12. The van der Waals surface area contributed by atoms with Crippen molar-refractivity contribution in [3.8, 4) is 0 Å². The van der Waals surface area contributed by atoms with Gasteiger partial charge >= 0.3 is 0 Å². The summed E-state index contributed by atoms with van der Waals surface area (Å²) in [5, 5.41) is 1.30. The van der Waals surface area contributed by atoms with Crippen molar-refractivity contribution in [1.82, 2.24) is 9.47 Å². The number of aryl methyl sites for hydroxylation is 1. The highest BCUT2D eigenvalue weighted by molar-refractivity contribution is 5.84. The summed E-state index contributed by atoms with van der Waals surface area (Å²) in [7, 11) is 6.22. The molecule has 0 bridgehead atoms. The lowest BCUT2D eigenvalue weighted by Gasteiger charge is -2.22. The molecule has 0 radical (unpaired) electrons. The smallest absolute Gasteiger partial charge is 0.0485 e. The molecular formula is C13H19N3. The molecule has 2 N–H and O–H groups in total. The first-order chi connectivity index (χ1) is 7.65. The number of nitrogens with two attached hydrogens (primary N) is 1. The second kappa shape index (κ2) is 4.28. The number of likely N-dealkylation sites (N-methyl/N-ethyl adjacent to an activating group) is 1. The Kier molecular flexibility index (Phi) is 2.99. The molecule has 2 aromatic rings. The van der Waals surface area contributed by atoms with Crippen molar-refractivity contribution in [1.29, 1.82) is 0 Å². The molecule has 1 heterocycles. The zero-order valence-electron chi connectivity index (χ0n) is 10.1. The van der Waals surface area contributed by atoms with E-state index < -0.39 is 0 Å². The second-order valence-corrected chi connectivity index (χ2v) is 4.43. The van der Waals surface area contributed by atoms with Gasteiger partial charge in [-0.15, -0.1) is 0 Å². The standard InChI is InChI=1S/C13H19N3/c1-15(2)13(8-14)11-9-16(3)12-7-5-4-6-10(11)12/h4-7,9,13H,8,14H2,1-3H3. The summed E-state index contributed by atoms with van der Waals surface area (Å²) >= 11 is 0. The molecule has 1 aromatic heterocycles. The van der Waals surface area contributed by atoms with Gasteiger partial charge in [0.15, 0.2) is 0 Å². The van der Waals surface area contributed by atoms with Crippen molar-refractivity contribution in [2.75, 3.05) is 20.6 Å². The predicted molar refractivity (Wildman–Crippen MR) is 68.4 cm³/mol. The fourth-order valence-corrected chi connectivity index (χ4v) is 2.25. The molecule has 2 rings (SSSR count). The molecule has 0 saturated heterocycles. The van der Waals surface area contributed by atoms with E-state index in [-0.39, 0.29) is 6.04 Å². The van der Waals surface area contributed by atoms with Gasteiger partial charge in [-0.05, 0) is 25.7 Å². The van der Waals surface area contributed by atoms with Crippen LogP contribution in [0.2, 0.25) is 0 Å². The number of para-hydroxylation sites is 1.